The highest BCUT2D eigenvalue weighted by molar-refractivity contribution is 5.97. The molecular weight excluding hydrogens is 484 g/mol. The number of hydrogen-bond donors (Lipinski definition) is 0. The molecule has 1 aliphatic carbocycles. The van der Waals surface area contributed by atoms with Crippen molar-refractivity contribution in [2.45, 2.75) is 64.8 Å². The van der Waals surface area contributed by atoms with Gasteiger partial charge in [0.15, 0.2) is 5.78 Å². The molecule has 1 atom stereocenters. The summed E-state index contributed by atoms with van der Waals surface area (Å²) in [5.41, 5.74) is 4.39. The van der Waals surface area contributed by atoms with Gasteiger partial charge in [0.2, 0.25) is 0 Å². The maximum absolute atomic E-state index is 13.5. The summed E-state index contributed by atoms with van der Waals surface area (Å²) >= 11 is 0. The van der Waals surface area contributed by atoms with Gasteiger partial charge < -0.3 is 14.5 Å². The zero-order valence-electron chi connectivity index (χ0n) is 23.5. The number of carbonyl (C=O) groups excluding carboxylic acids is 2. The maximum atomic E-state index is 13.5. The molecule has 1 fully saturated rings. The number of benzene rings is 2. The molecule has 5 rings (SSSR count). The normalized spacial score (nSPS) is 18.4. The van der Waals surface area contributed by atoms with E-state index in [2.05, 4.69) is 36.2 Å². The minimum Gasteiger partial charge on any atom is -0.458 e. The van der Waals surface area contributed by atoms with Gasteiger partial charge in [0.25, 0.3) is 5.91 Å². The maximum Gasteiger partial charge on any atom is 0.253 e. The first-order valence-corrected chi connectivity index (χ1v) is 14.6. The predicted octanol–water partition coefficient (Wildman–Crippen LogP) is 7.32. The smallest absolute Gasteiger partial charge is 0.253 e. The Hall–Kier alpha value is -3.60. The third-order valence-electron chi connectivity index (χ3n) is 8.18. The Morgan fingerprint density at radius 3 is 2.46 bits per heavy atom. The molecular formula is C34H40N2O3. The first kappa shape index (κ1) is 27.0. The lowest BCUT2D eigenvalue weighted by Gasteiger charge is -2.29. The van der Waals surface area contributed by atoms with E-state index in [1.54, 1.807) is 0 Å². The Balaban J connectivity index is 1.37. The summed E-state index contributed by atoms with van der Waals surface area (Å²) in [6.07, 6.45) is 13.7. The van der Waals surface area contributed by atoms with Gasteiger partial charge in [0.05, 0.1) is 0 Å². The number of likely N-dealkylation sites (N-methyl/N-ethyl adjacent to an activating group) is 1. The molecule has 1 amide bonds. The number of allylic oxidation sites excluding steroid dienone is 2. The second kappa shape index (κ2) is 12.1. The Labute approximate surface area is 232 Å². The van der Waals surface area contributed by atoms with Gasteiger partial charge in [0.1, 0.15) is 17.6 Å². The molecule has 0 aromatic heterocycles. The van der Waals surface area contributed by atoms with E-state index >= 15 is 0 Å². The summed E-state index contributed by atoms with van der Waals surface area (Å²) in [7, 11) is 2.04. The molecule has 1 saturated carbocycles. The van der Waals surface area contributed by atoms with Crippen molar-refractivity contribution in [2.24, 2.45) is 5.92 Å². The zero-order chi connectivity index (χ0) is 27.4. The van der Waals surface area contributed by atoms with Crippen molar-refractivity contribution in [1.82, 2.24) is 9.80 Å². The van der Waals surface area contributed by atoms with Gasteiger partial charge in [-0.15, -0.1) is 0 Å². The van der Waals surface area contributed by atoms with Gasteiger partial charge in [-0.25, -0.2) is 0 Å². The van der Waals surface area contributed by atoms with Crippen LogP contribution in [-0.4, -0.2) is 47.7 Å². The fourth-order valence-corrected chi connectivity index (χ4v) is 5.61. The van der Waals surface area contributed by atoms with Crippen LogP contribution in [0.2, 0.25) is 0 Å². The van der Waals surface area contributed by atoms with Crippen molar-refractivity contribution in [3.63, 3.8) is 0 Å². The lowest BCUT2D eigenvalue weighted by atomic mass is 9.83. The summed E-state index contributed by atoms with van der Waals surface area (Å²) in [6, 6.07) is 15.6. The molecule has 2 aromatic rings. The fourth-order valence-electron chi connectivity index (χ4n) is 5.61. The van der Waals surface area contributed by atoms with Crippen molar-refractivity contribution >= 4 is 23.0 Å². The lowest BCUT2D eigenvalue weighted by molar-refractivity contribution is 0.0736. The second-order valence-corrected chi connectivity index (χ2v) is 11.0. The average molecular weight is 525 g/mol. The fraction of sp³-hybridized carbons (Fsp3) is 0.412. The topological polar surface area (TPSA) is 49.9 Å². The molecule has 3 aliphatic rings. The van der Waals surface area contributed by atoms with Crippen LogP contribution < -0.4 is 0 Å². The Bertz CT molecular complexity index is 1300. The van der Waals surface area contributed by atoms with Gasteiger partial charge in [-0.1, -0.05) is 69.5 Å². The van der Waals surface area contributed by atoms with Crippen molar-refractivity contribution in [1.29, 1.82) is 0 Å². The number of ether oxygens (including phenoxy) is 1. The Morgan fingerprint density at radius 1 is 0.974 bits per heavy atom. The van der Waals surface area contributed by atoms with Crippen LogP contribution in [0.4, 0.5) is 0 Å². The number of amides is 1. The van der Waals surface area contributed by atoms with Crippen molar-refractivity contribution in [3.05, 3.63) is 94.9 Å². The minimum atomic E-state index is -0.0279. The highest BCUT2D eigenvalue weighted by Crippen LogP contribution is 2.39. The molecule has 204 valence electrons. The number of rotatable bonds is 11. The summed E-state index contributed by atoms with van der Waals surface area (Å²) in [4.78, 5) is 30.0. The van der Waals surface area contributed by atoms with Gasteiger partial charge in [-0.05, 0) is 55.0 Å². The van der Waals surface area contributed by atoms with Crippen LogP contribution in [0.15, 0.2) is 72.6 Å². The molecule has 0 bridgehead atoms. The molecule has 39 heavy (non-hydrogen) atoms. The third kappa shape index (κ3) is 5.88. The van der Waals surface area contributed by atoms with E-state index in [4.69, 9.17) is 4.74 Å². The highest BCUT2D eigenvalue weighted by Gasteiger charge is 2.32. The van der Waals surface area contributed by atoms with E-state index in [0.717, 1.165) is 77.6 Å². The van der Waals surface area contributed by atoms with Crippen LogP contribution in [0, 0.1) is 5.92 Å². The Kier molecular flexibility index (Phi) is 8.35. The third-order valence-corrected chi connectivity index (χ3v) is 8.18. The van der Waals surface area contributed by atoms with Crippen LogP contribution in [0.3, 0.4) is 0 Å². The van der Waals surface area contributed by atoms with Crippen LogP contribution in [0.1, 0.15) is 90.6 Å². The summed E-state index contributed by atoms with van der Waals surface area (Å²) < 4.78 is 6.47. The van der Waals surface area contributed by atoms with Crippen LogP contribution >= 0.6 is 0 Å². The number of Topliss-reactive ketones (excluding diaryl/α,β-unsaturated/α-hetero) is 1. The van der Waals surface area contributed by atoms with Crippen LogP contribution in [-0.2, 0) is 4.74 Å². The number of nitrogens with zero attached hydrogens (tertiary/aromatic N) is 2. The molecule has 0 saturated heterocycles. The minimum absolute atomic E-state index is 0.0279. The largest absolute Gasteiger partial charge is 0.458 e. The van der Waals surface area contributed by atoms with E-state index in [0.29, 0.717) is 6.42 Å². The van der Waals surface area contributed by atoms with Crippen molar-refractivity contribution in [2.75, 3.05) is 20.1 Å². The van der Waals surface area contributed by atoms with Gasteiger partial charge in [0, 0.05) is 55.0 Å². The molecule has 0 spiro atoms. The molecule has 0 radical (unpaired) electrons. The van der Waals surface area contributed by atoms with E-state index in [1.807, 2.05) is 61.3 Å². The first-order chi connectivity index (χ1) is 19.0. The predicted molar refractivity (Wildman–Crippen MR) is 157 cm³/mol. The van der Waals surface area contributed by atoms with E-state index in [9.17, 15) is 9.59 Å². The zero-order valence-corrected chi connectivity index (χ0v) is 23.5. The molecule has 1 unspecified atom stereocenters. The standard InChI is InChI=1S/C34H40N2O3/c1-4-8-31(37)25-13-15-26(16-14-25)32-23-30-33(39-32)29(18-20-35(30)3)27-11-7-12-28(22-27)34(38)36(19-5-2)21-17-24-9-6-10-24/h7,11-16,18,20,22-24,30H,4-6,8-10,17,19,21H2,1-3H3. The first-order valence-electron chi connectivity index (χ1n) is 14.6. The quantitative estimate of drug-likeness (QED) is 0.289. The van der Waals surface area contributed by atoms with E-state index in [1.165, 1.54) is 19.3 Å². The number of hydrogen-bond acceptors (Lipinski definition) is 4. The lowest BCUT2D eigenvalue weighted by Crippen LogP contribution is -2.34. The monoisotopic (exact) mass is 524 g/mol. The molecule has 2 aliphatic heterocycles. The number of carbonyl (C=O) groups is 2. The van der Waals surface area contributed by atoms with E-state index in [-0.39, 0.29) is 17.7 Å². The highest BCUT2D eigenvalue weighted by atomic mass is 16.5. The van der Waals surface area contributed by atoms with Gasteiger partial charge >= 0.3 is 0 Å². The van der Waals surface area contributed by atoms with Crippen LogP contribution in [0.25, 0.3) is 11.3 Å². The molecule has 5 heteroatoms. The van der Waals surface area contributed by atoms with Gasteiger partial charge in [-0.2, -0.15) is 0 Å². The Morgan fingerprint density at radius 2 is 1.77 bits per heavy atom. The van der Waals surface area contributed by atoms with Crippen molar-refractivity contribution < 1.29 is 14.3 Å². The average Bonchev–Trinajstić information content (AvgIpc) is 3.38. The molecule has 5 nitrogen and oxygen atoms in total. The van der Waals surface area contributed by atoms with E-state index < -0.39 is 0 Å². The van der Waals surface area contributed by atoms with Crippen molar-refractivity contribution in [3.8, 4) is 0 Å². The SMILES string of the molecule is CCCC(=O)c1ccc(C2=CC3C(=C(c4cccc(C(=O)N(CCC)CCC5CCC5)c4)C=CN3C)O2)cc1. The summed E-state index contributed by atoms with van der Waals surface area (Å²) in [5, 5.41) is 0. The summed E-state index contributed by atoms with van der Waals surface area (Å²) in [6.45, 7) is 5.77. The van der Waals surface area contributed by atoms with Crippen LogP contribution in [0.5, 0.6) is 0 Å². The van der Waals surface area contributed by atoms with Gasteiger partial charge in [-0.3, -0.25) is 9.59 Å². The summed E-state index contributed by atoms with van der Waals surface area (Å²) in [5.74, 6) is 2.71. The molecule has 2 heterocycles. The molecule has 2 aromatic carbocycles. The molecule has 0 N–H and O–H groups in total. The number of fused-ring (bicyclic) bond motifs is 1. The number of ketones is 1. The second-order valence-electron chi connectivity index (χ2n) is 11.0.